The molecule has 1 atom stereocenters. The molecule has 0 saturated carbocycles. The molecule has 0 aliphatic carbocycles. The Balaban J connectivity index is 2.36. The summed E-state index contributed by atoms with van der Waals surface area (Å²) in [6.45, 7) is 2.54. The second kappa shape index (κ2) is 5.90. The number of carbonyl (C=O) groups is 1. The predicted octanol–water partition coefficient (Wildman–Crippen LogP) is 2.69. The van der Waals surface area contributed by atoms with Crippen LogP contribution in [-0.2, 0) is 4.79 Å². The smallest absolute Gasteiger partial charge is 0.328 e. The van der Waals surface area contributed by atoms with E-state index in [1.54, 1.807) is 6.08 Å². The number of carboxylic acids is 1. The first-order chi connectivity index (χ1) is 7.09. The zero-order valence-electron chi connectivity index (χ0n) is 8.24. The van der Waals surface area contributed by atoms with Crippen molar-refractivity contribution >= 4 is 28.9 Å². The summed E-state index contributed by atoms with van der Waals surface area (Å²) in [6, 6.07) is 4.00. The summed E-state index contributed by atoms with van der Waals surface area (Å²) in [5, 5.41) is 11.5. The van der Waals surface area contributed by atoms with Crippen LogP contribution in [-0.4, -0.2) is 17.6 Å². The van der Waals surface area contributed by atoms with Gasteiger partial charge in [-0.1, -0.05) is 17.7 Å². The van der Waals surface area contributed by atoms with Gasteiger partial charge in [-0.2, -0.15) is 0 Å². The van der Waals surface area contributed by atoms with E-state index in [0.29, 0.717) is 6.54 Å². The standard InChI is InChI=1S/C10H12ClNO2S/c1-7(8-4-5-9(11)15-8)12-6-2-3-10(13)14/h2-5,7,12H,6H2,1H3,(H,13,14)/b3-2+. The van der Waals surface area contributed by atoms with E-state index in [-0.39, 0.29) is 6.04 Å². The fraction of sp³-hybridized carbons (Fsp3) is 0.300. The molecule has 1 aromatic heterocycles. The lowest BCUT2D eigenvalue weighted by molar-refractivity contribution is -0.131. The Hall–Kier alpha value is -0.840. The van der Waals surface area contributed by atoms with Crippen LogP contribution in [0.15, 0.2) is 24.3 Å². The van der Waals surface area contributed by atoms with Gasteiger partial charge in [-0.3, -0.25) is 0 Å². The first kappa shape index (κ1) is 12.2. The third-order valence-electron chi connectivity index (χ3n) is 1.82. The first-order valence-electron chi connectivity index (χ1n) is 4.47. The van der Waals surface area contributed by atoms with E-state index in [0.717, 1.165) is 15.3 Å². The van der Waals surface area contributed by atoms with E-state index in [1.165, 1.54) is 11.3 Å². The third-order valence-corrected chi connectivity index (χ3v) is 3.24. The quantitative estimate of drug-likeness (QED) is 0.785. The zero-order valence-corrected chi connectivity index (χ0v) is 9.81. The van der Waals surface area contributed by atoms with Crippen molar-refractivity contribution in [3.05, 3.63) is 33.5 Å². The van der Waals surface area contributed by atoms with Crippen molar-refractivity contribution in [3.8, 4) is 0 Å². The highest BCUT2D eigenvalue weighted by Gasteiger charge is 2.05. The molecule has 0 saturated heterocycles. The highest BCUT2D eigenvalue weighted by molar-refractivity contribution is 7.16. The van der Waals surface area contributed by atoms with Crippen LogP contribution in [0, 0.1) is 0 Å². The largest absolute Gasteiger partial charge is 0.478 e. The van der Waals surface area contributed by atoms with Crippen LogP contribution in [0.3, 0.4) is 0 Å². The van der Waals surface area contributed by atoms with Crippen LogP contribution in [0.1, 0.15) is 17.8 Å². The zero-order chi connectivity index (χ0) is 11.3. The van der Waals surface area contributed by atoms with Gasteiger partial charge in [-0.15, -0.1) is 11.3 Å². The lowest BCUT2D eigenvalue weighted by atomic mass is 10.3. The molecule has 82 valence electrons. The summed E-state index contributed by atoms with van der Waals surface area (Å²) >= 11 is 7.33. The molecular formula is C10H12ClNO2S. The van der Waals surface area contributed by atoms with Crippen molar-refractivity contribution in [1.82, 2.24) is 5.32 Å². The highest BCUT2D eigenvalue weighted by atomic mass is 35.5. The van der Waals surface area contributed by atoms with E-state index in [4.69, 9.17) is 16.7 Å². The van der Waals surface area contributed by atoms with Gasteiger partial charge in [0, 0.05) is 23.5 Å². The van der Waals surface area contributed by atoms with Crippen LogP contribution in [0.5, 0.6) is 0 Å². The lowest BCUT2D eigenvalue weighted by Crippen LogP contribution is -2.17. The van der Waals surface area contributed by atoms with E-state index in [2.05, 4.69) is 5.32 Å². The molecule has 0 amide bonds. The number of hydrogen-bond acceptors (Lipinski definition) is 3. The SMILES string of the molecule is CC(NC/C=C/C(=O)O)c1ccc(Cl)s1. The number of halogens is 1. The van der Waals surface area contributed by atoms with Gasteiger partial charge in [0.05, 0.1) is 4.34 Å². The van der Waals surface area contributed by atoms with Crippen molar-refractivity contribution in [2.24, 2.45) is 0 Å². The number of nitrogens with one attached hydrogen (secondary N) is 1. The highest BCUT2D eigenvalue weighted by Crippen LogP contribution is 2.26. The summed E-state index contributed by atoms with van der Waals surface area (Å²) in [6.07, 6.45) is 2.70. The molecule has 5 heteroatoms. The minimum absolute atomic E-state index is 0.181. The van der Waals surface area contributed by atoms with Crippen LogP contribution < -0.4 is 5.32 Å². The molecule has 1 unspecified atom stereocenters. The molecule has 1 aromatic rings. The second-order valence-electron chi connectivity index (χ2n) is 3.01. The Kier molecular flexibility index (Phi) is 4.81. The van der Waals surface area contributed by atoms with Gasteiger partial charge in [0.25, 0.3) is 0 Å². The van der Waals surface area contributed by atoms with Gasteiger partial charge < -0.3 is 10.4 Å². The maximum atomic E-state index is 10.2. The molecule has 1 rings (SSSR count). The van der Waals surface area contributed by atoms with Crippen molar-refractivity contribution in [3.63, 3.8) is 0 Å². The molecule has 0 spiro atoms. The predicted molar refractivity (Wildman–Crippen MR) is 62.5 cm³/mol. The van der Waals surface area contributed by atoms with Gasteiger partial charge in [-0.25, -0.2) is 4.79 Å². The maximum absolute atomic E-state index is 10.2. The Bertz CT molecular complexity index is 362. The number of thiophene rings is 1. The summed E-state index contributed by atoms with van der Waals surface area (Å²) in [5.74, 6) is -0.927. The molecular weight excluding hydrogens is 234 g/mol. The molecule has 3 nitrogen and oxygen atoms in total. The summed E-state index contributed by atoms with van der Waals surface area (Å²) < 4.78 is 0.764. The van der Waals surface area contributed by atoms with Crippen molar-refractivity contribution in [2.45, 2.75) is 13.0 Å². The second-order valence-corrected chi connectivity index (χ2v) is 4.76. The molecule has 0 aliphatic rings. The molecule has 2 N–H and O–H groups in total. The number of aliphatic carboxylic acids is 1. The van der Waals surface area contributed by atoms with Crippen LogP contribution in [0.2, 0.25) is 4.34 Å². The number of rotatable bonds is 5. The maximum Gasteiger partial charge on any atom is 0.328 e. The van der Waals surface area contributed by atoms with Crippen LogP contribution >= 0.6 is 22.9 Å². The Morgan fingerprint density at radius 2 is 2.47 bits per heavy atom. The Morgan fingerprint density at radius 1 is 1.73 bits per heavy atom. The van der Waals surface area contributed by atoms with Gasteiger partial charge >= 0.3 is 5.97 Å². The Labute approximate surface area is 97.4 Å². The molecule has 0 fully saturated rings. The van der Waals surface area contributed by atoms with E-state index in [9.17, 15) is 4.79 Å². The van der Waals surface area contributed by atoms with E-state index >= 15 is 0 Å². The van der Waals surface area contributed by atoms with Gasteiger partial charge in [0.15, 0.2) is 0 Å². The minimum atomic E-state index is -0.927. The van der Waals surface area contributed by atoms with Crippen molar-refractivity contribution in [1.29, 1.82) is 0 Å². The van der Waals surface area contributed by atoms with Crippen molar-refractivity contribution in [2.75, 3.05) is 6.54 Å². The molecule has 0 aliphatic heterocycles. The molecule has 0 radical (unpaired) electrons. The average Bonchev–Trinajstić information content (AvgIpc) is 2.59. The van der Waals surface area contributed by atoms with Gasteiger partial charge in [0.1, 0.15) is 0 Å². The van der Waals surface area contributed by atoms with Crippen LogP contribution in [0.25, 0.3) is 0 Å². The molecule has 0 aromatic carbocycles. The monoisotopic (exact) mass is 245 g/mol. The van der Waals surface area contributed by atoms with Gasteiger partial charge in [0.2, 0.25) is 0 Å². The van der Waals surface area contributed by atoms with E-state index < -0.39 is 5.97 Å². The minimum Gasteiger partial charge on any atom is -0.478 e. The third kappa shape index (κ3) is 4.46. The summed E-state index contributed by atoms with van der Waals surface area (Å²) in [4.78, 5) is 11.3. The first-order valence-corrected chi connectivity index (χ1v) is 5.67. The molecule has 1 heterocycles. The van der Waals surface area contributed by atoms with Gasteiger partial charge in [-0.05, 0) is 19.1 Å². The van der Waals surface area contributed by atoms with Crippen molar-refractivity contribution < 1.29 is 9.90 Å². The fourth-order valence-electron chi connectivity index (χ4n) is 1.07. The van der Waals surface area contributed by atoms with E-state index in [1.807, 2.05) is 19.1 Å². The normalized spacial score (nSPS) is 13.2. The van der Waals surface area contributed by atoms with Crippen LogP contribution in [0.4, 0.5) is 0 Å². The number of hydrogen-bond donors (Lipinski definition) is 2. The summed E-state index contributed by atoms with van der Waals surface area (Å²) in [7, 11) is 0. The molecule has 15 heavy (non-hydrogen) atoms. The topological polar surface area (TPSA) is 49.3 Å². The average molecular weight is 246 g/mol. The lowest BCUT2D eigenvalue weighted by Gasteiger charge is -2.09. The molecule has 0 bridgehead atoms. The fourth-order valence-corrected chi connectivity index (χ4v) is 2.15. The Morgan fingerprint density at radius 3 is 3.00 bits per heavy atom. The summed E-state index contributed by atoms with van der Waals surface area (Å²) in [5.41, 5.74) is 0. The number of carboxylic acid groups (broad SMARTS) is 1.